The van der Waals surface area contributed by atoms with Crippen molar-refractivity contribution in [2.24, 2.45) is 5.73 Å². The summed E-state index contributed by atoms with van der Waals surface area (Å²) in [6.45, 7) is 1.89. The average molecular weight is 179 g/mol. The number of rotatable bonds is 3. The Morgan fingerprint density at radius 1 is 1.50 bits per heavy atom. The van der Waals surface area contributed by atoms with Gasteiger partial charge in [-0.1, -0.05) is 6.92 Å². The molecule has 0 spiro atoms. The molecule has 1 atom stereocenters. The molecule has 1 saturated carbocycles. The fourth-order valence-corrected chi connectivity index (χ4v) is 1.95. The van der Waals surface area contributed by atoms with Gasteiger partial charge < -0.3 is 10.5 Å². The molecule has 1 rings (SSSR count). The lowest BCUT2D eigenvalue weighted by atomic mass is 9.70. The van der Waals surface area contributed by atoms with Gasteiger partial charge in [-0.3, -0.25) is 0 Å². The maximum absolute atomic E-state index is 12.5. The van der Waals surface area contributed by atoms with Gasteiger partial charge in [-0.2, -0.15) is 0 Å². The van der Waals surface area contributed by atoms with Gasteiger partial charge in [0.05, 0.1) is 11.6 Å². The molecule has 4 heteroatoms. The Kier molecular flexibility index (Phi) is 2.40. The van der Waals surface area contributed by atoms with E-state index in [-0.39, 0.29) is 18.9 Å². The molecule has 1 aliphatic rings. The lowest BCUT2D eigenvalue weighted by molar-refractivity contribution is -0.161. The van der Waals surface area contributed by atoms with Gasteiger partial charge in [0.25, 0.3) is 5.92 Å². The number of hydrogen-bond donors (Lipinski definition) is 1. The number of ether oxygens (including phenoxy) is 1. The van der Waals surface area contributed by atoms with Crippen LogP contribution in [0.5, 0.6) is 0 Å². The molecule has 2 nitrogen and oxygen atoms in total. The lowest BCUT2D eigenvalue weighted by Crippen LogP contribution is -2.65. The Morgan fingerprint density at radius 3 is 2.25 bits per heavy atom. The zero-order valence-electron chi connectivity index (χ0n) is 7.44. The van der Waals surface area contributed by atoms with Crippen molar-refractivity contribution in [1.29, 1.82) is 0 Å². The van der Waals surface area contributed by atoms with Crippen molar-refractivity contribution in [1.82, 2.24) is 0 Å². The summed E-state index contributed by atoms with van der Waals surface area (Å²) in [5, 5.41) is 0. The Bertz CT molecular complexity index is 160. The average Bonchev–Trinajstić information content (AvgIpc) is 1.85. The van der Waals surface area contributed by atoms with E-state index in [2.05, 4.69) is 0 Å². The van der Waals surface area contributed by atoms with E-state index in [0.717, 1.165) is 0 Å². The molecule has 0 aliphatic heterocycles. The van der Waals surface area contributed by atoms with E-state index in [1.807, 2.05) is 6.92 Å². The second kappa shape index (κ2) is 2.92. The number of methoxy groups -OCH3 is 1. The van der Waals surface area contributed by atoms with Crippen LogP contribution in [0.15, 0.2) is 0 Å². The Balaban J connectivity index is 2.53. The summed E-state index contributed by atoms with van der Waals surface area (Å²) in [5.41, 5.74) is 4.94. The van der Waals surface area contributed by atoms with Crippen molar-refractivity contribution in [3.05, 3.63) is 0 Å². The monoisotopic (exact) mass is 179 g/mol. The number of nitrogens with two attached hydrogens (primary N) is 1. The summed E-state index contributed by atoms with van der Waals surface area (Å²) in [6.07, 6.45) is -0.0426. The van der Waals surface area contributed by atoms with E-state index in [0.29, 0.717) is 6.42 Å². The molecule has 1 unspecified atom stereocenters. The molecule has 1 fully saturated rings. The molecule has 0 aromatic carbocycles. The number of halogens is 2. The minimum atomic E-state index is -2.57. The van der Waals surface area contributed by atoms with Gasteiger partial charge in [0.1, 0.15) is 0 Å². The number of alkyl halides is 2. The van der Waals surface area contributed by atoms with Crippen molar-refractivity contribution in [3.8, 4) is 0 Å². The van der Waals surface area contributed by atoms with Crippen molar-refractivity contribution >= 4 is 0 Å². The van der Waals surface area contributed by atoms with Gasteiger partial charge >= 0.3 is 0 Å². The van der Waals surface area contributed by atoms with E-state index in [1.54, 1.807) is 0 Å². The van der Waals surface area contributed by atoms with E-state index in [4.69, 9.17) is 10.5 Å². The zero-order valence-corrected chi connectivity index (χ0v) is 7.44. The highest BCUT2D eigenvalue weighted by molar-refractivity contribution is 5.07. The van der Waals surface area contributed by atoms with E-state index < -0.39 is 11.5 Å². The van der Waals surface area contributed by atoms with Crippen molar-refractivity contribution in [3.63, 3.8) is 0 Å². The van der Waals surface area contributed by atoms with Gasteiger partial charge in [0.2, 0.25) is 0 Å². The summed E-state index contributed by atoms with van der Waals surface area (Å²) in [6, 6.07) is 0. The van der Waals surface area contributed by atoms with Gasteiger partial charge in [-0.25, -0.2) is 8.78 Å². The van der Waals surface area contributed by atoms with Gasteiger partial charge in [0.15, 0.2) is 0 Å². The molecule has 0 aromatic rings. The first-order chi connectivity index (χ1) is 5.43. The largest absolute Gasteiger partial charge is 0.380 e. The first-order valence-corrected chi connectivity index (χ1v) is 4.13. The smallest absolute Gasteiger partial charge is 0.251 e. The van der Waals surface area contributed by atoms with Crippen LogP contribution in [0.25, 0.3) is 0 Å². The summed E-state index contributed by atoms with van der Waals surface area (Å²) in [5.74, 6) is -2.57. The molecular weight excluding hydrogens is 164 g/mol. The van der Waals surface area contributed by atoms with Crippen LogP contribution in [0.4, 0.5) is 8.78 Å². The van der Waals surface area contributed by atoms with Crippen molar-refractivity contribution in [2.75, 3.05) is 7.11 Å². The van der Waals surface area contributed by atoms with Crippen molar-refractivity contribution < 1.29 is 13.5 Å². The van der Waals surface area contributed by atoms with Crippen LogP contribution in [-0.4, -0.2) is 24.7 Å². The SMILES string of the molecule is CCC(OC)C1(N)CC(F)(F)C1. The third-order valence-electron chi connectivity index (χ3n) is 2.47. The first kappa shape index (κ1) is 9.86. The summed E-state index contributed by atoms with van der Waals surface area (Å²) >= 11 is 0. The minimum Gasteiger partial charge on any atom is -0.380 e. The molecule has 0 amide bonds. The minimum absolute atomic E-state index is 0.239. The van der Waals surface area contributed by atoms with Crippen LogP contribution >= 0.6 is 0 Å². The molecule has 0 heterocycles. The highest BCUT2D eigenvalue weighted by Gasteiger charge is 2.57. The third-order valence-corrected chi connectivity index (χ3v) is 2.47. The fraction of sp³-hybridized carbons (Fsp3) is 1.00. The van der Waals surface area contributed by atoms with Crippen LogP contribution in [0.2, 0.25) is 0 Å². The Morgan fingerprint density at radius 2 is 2.00 bits per heavy atom. The molecule has 0 saturated heterocycles. The second-order valence-corrected chi connectivity index (χ2v) is 3.58. The maximum atomic E-state index is 12.5. The second-order valence-electron chi connectivity index (χ2n) is 3.58. The molecule has 72 valence electrons. The highest BCUT2D eigenvalue weighted by Crippen LogP contribution is 2.46. The predicted octanol–water partition coefficient (Wildman–Crippen LogP) is 1.54. The highest BCUT2D eigenvalue weighted by atomic mass is 19.3. The molecule has 12 heavy (non-hydrogen) atoms. The van der Waals surface area contributed by atoms with Gasteiger partial charge in [0, 0.05) is 20.0 Å². The topological polar surface area (TPSA) is 35.2 Å². The third kappa shape index (κ3) is 1.59. The van der Waals surface area contributed by atoms with Crippen LogP contribution in [0.1, 0.15) is 26.2 Å². The molecular formula is C8H15F2NO. The summed E-state index contributed by atoms with van der Waals surface area (Å²) in [4.78, 5) is 0. The maximum Gasteiger partial charge on any atom is 0.251 e. The summed E-state index contributed by atoms with van der Waals surface area (Å²) < 4.78 is 30.1. The Labute approximate surface area is 71.1 Å². The van der Waals surface area contributed by atoms with Gasteiger partial charge in [-0.05, 0) is 6.42 Å². The quantitative estimate of drug-likeness (QED) is 0.713. The molecule has 1 aliphatic carbocycles. The molecule has 0 bridgehead atoms. The predicted molar refractivity (Wildman–Crippen MR) is 42.2 cm³/mol. The standard InChI is InChI=1S/C8H15F2NO/c1-3-6(12-2)7(11)4-8(9,10)5-7/h6H,3-5,11H2,1-2H3. The lowest BCUT2D eigenvalue weighted by Gasteiger charge is -2.48. The molecule has 0 aromatic heterocycles. The van der Waals surface area contributed by atoms with Gasteiger partial charge in [-0.15, -0.1) is 0 Å². The fourth-order valence-electron chi connectivity index (χ4n) is 1.95. The van der Waals surface area contributed by atoms with E-state index in [1.165, 1.54) is 7.11 Å². The van der Waals surface area contributed by atoms with E-state index in [9.17, 15) is 8.78 Å². The van der Waals surface area contributed by atoms with Crippen LogP contribution in [-0.2, 0) is 4.74 Å². The molecule has 2 N–H and O–H groups in total. The zero-order chi connectivity index (χ0) is 9.41. The van der Waals surface area contributed by atoms with Crippen LogP contribution in [0, 0.1) is 0 Å². The Hall–Kier alpha value is -0.220. The first-order valence-electron chi connectivity index (χ1n) is 4.13. The summed E-state index contributed by atoms with van der Waals surface area (Å²) in [7, 11) is 1.51. The van der Waals surface area contributed by atoms with E-state index >= 15 is 0 Å². The van der Waals surface area contributed by atoms with Crippen LogP contribution < -0.4 is 5.73 Å². The molecule has 0 radical (unpaired) electrons. The number of hydrogen-bond acceptors (Lipinski definition) is 2. The normalized spacial score (nSPS) is 27.8. The van der Waals surface area contributed by atoms with Crippen LogP contribution in [0.3, 0.4) is 0 Å². The van der Waals surface area contributed by atoms with Crippen molar-refractivity contribution in [2.45, 2.75) is 43.8 Å².